The Hall–Kier alpha value is -1.78. The summed E-state index contributed by atoms with van der Waals surface area (Å²) >= 11 is 0. The molecule has 2 aromatic rings. The summed E-state index contributed by atoms with van der Waals surface area (Å²) in [5.41, 5.74) is 9.62. The quantitative estimate of drug-likeness (QED) is 0.930. The molecule has 1 heterocycles. The van der Waals surface area contributed by atoms with Crippen LogP contribution in [-0.2, 0) is 13.1 Å². The van der Waals surface area contributed by atoms with E-state index in [1.54, 1.807) is 12.1 Å². The molecule has 1 aliphatic rings. The van der Waals surface area contributed by atoms with Crippen molar-refractivity contribution in [3.8, 4) is 0 Å². The molecule has 0 amide bonds. The van der Waals surface area contributed by atoms with Gasteiger partial charge in [0.15, 0.2) is 0 Å². The van der Waals surface area contributed by atoms with Crippen LogP contribution in [0.25, 0.3) is 0 Å². The molecular formula is C17H18F2N2. The fraction of sp³-hybridized carbons (Fsp3) is 0.294. The van der Waals surface area contributed by atoms with E-state index >= 15 is 0 Å². The van der Waals surface area contributed by atoms with E-state index in [0.717, 1.165) is 18.7 Å². The first kappa shape index (κ1) is 14.2. The fourth-order valence-electron chi connectivity index (χ4n) is 2.94. The van der Waals surface area contributed by atoms with Crippen molar-refractivity contribution in [1.29, 1.82) is 0 Å². The Kier molecular flexibility index (Phi) is 3.99. The van der Waals surface area contributed by atoms with Gasteiger partial charge in [-0.25, -0.2) is 8.78 Å². The molecule has 4 heteroatoms. The molecule has 1 atom stereocenters. The predicted octanol–water partition coefficient (Wildman–Crippen LogP) is 3.64. The average molecular weight is 288 g/mol. The number of hydrogen-bond donors (Lipinski definition) is 1. The highest BCUT2D eigenvalue weighted by Crippen LogP contribution is 2.31. The van der Waals surface area contributed by atoms with Gasteiger partial charge < -0.3 is 5.73 Å². The van der Waals surface area contributed by atoms with Gasteiger partial charge in [0.2, 0.25) is 0 Å². The third-order valence-electron chi connectivity index (χ3n) is 4.10. The second-order valence-electron chi connectivity index (χ2n) is 5.39. The van der Waals surface area contributed by atoms with Gasteiger partial charge in [0, 0.05) is 31.2 Å². The van der Waals surface area contributed by atoms with E-state index in [0.29, 0.717) is 6.54 Å². The molecule has 0 fully saturated rings. The summed E-state index contributed by atoms with van der Waals surface area (Å²) in [6.45, 7) is 2.19. The molecule has 0 saturated heterocycles. The van der Waals surface area contributed by atoms with Gasteiger partial charge in [-0.05, 0) is 16.7 Å². The molecule has 1 aliphatic heterocycles. The molecule has 0 aromatic heterocycles. The van der Waals surface area contributed by atoms with Gasteiger partial charge in [-0.3, -0.25) is 4.90 Å². The highest BCUT2D eigenvalue weighted by atomic mass is 19.3. The molecule has 3 rings (SSSR count). The summed E-state index contributed by atoms with van der Waals surface area (Å²) in [7, 11) is 0. The zero-order valence-electron chi connectivity index (χ0n) is 11.7. The van der Waals surface area contributed by atoms with Crippen molar-refractivity contribution in [2.75, 3.05) is 6.54 Å². The van der Waals surface area contributed by atoms with Gasteiger partial charge in [-0.2, -0.15) is 0 Å². The Morgan fingerprint density at radius 3 is 1.90 bits per heavy atom. The van der Waals surface area contributed by atoms with Crippen LogP contribution in [0.3, 0.4) is 0 Å². The zero-order chi connectivity index (χ0) is 14.8. The van der Waals surface area contributed by atoms with Crippen LogP contribution < -0.4 is 5.73 Å². The van der Waals surface area contributed by atoms with Crippen LogP contribution in [0.15, 0.2) is 48.5 Å². The SMILES string of the molecule is NCC(c1ccc(C(F)F)cc1)N1Cc2ccccc2C1. The van der Waals surface area contributed by atoms with Crippen molar-refractivity contribution in [1.82, 2.24) is 4.90 Å². The minimum Gasteiger partial charge on any atom is -0.329 e. The number of alkyl halides is 2. The number of halogens is 2. The van der Waals surface area contributed by atoms with Crippen LogP contribution in [-0.4, -0.2) is 11.4 Å². The van der Waals surface area contributed by atoms with Crippen LogP contribution in [0.1, 0.15) is 34.7 Å². The Bertz CT molecular complexity index is 585. The van der Waals surface area contributed by atoms with Crippen LogP contribution in [0.5, 0.6) is 0 Å². The summed E-state index contributed by atoms with van der Waals surface area (Å²) in [5.74, 6) is 0. The first-order valence-corrected chi connectivity index (χ1v) is 7.08. The lowest BCUT2D eigenvalue weighted by atomic mass is 10.0. The normalized spacial score (nSPS) is 16.2. The predicted molar refractivity (Wildman–Crippen MR) is 78.9 cm³/mol. The smallest absolute Gasteiger partial charge is 0.263 e. The number of nitrogens with zero attached hydrogens (tertiary/aromatic N) is 1. The second-order valence-corrected chi connectivity index (χ2v) is 5.39. The number of nitrogens with two attached hydrogens (primary N) is 1. The molecule has 110 valence electrons. The summed E-state index contributed by atoms with van der Waals surface area (Å²) < 4.78 is 25.3. The van der Waals surface area contributed by atoms with Gasteiger partial charge in [0.05, 0.1) is 0 Å². The maximum atomic E-state index is 12.6. The molecule has 0 saturated carbocycles. The van der Waals surface area contributed by atoms with Crippen molar-refractivity contribution in [3.63, 3.8) is 0 Å². The van der Waals surface area contributed by atoms with E-state index in [1.807, 2.05) is 12.1 Å². The van der Waals surface area contributed by atoms with E-state index in [1.165, 1.54) is 23.3 Å². The molecule has 2 aromatic carbocycles. The Balaban J connectivity index is 1.80. The second kappa shape index (κ2) is 5.92. The lowest BCUT2D eigenvalue weighted by Crippen LogP contribution is -2.29. The van der Waals surface area contributed by atoms with Crippen LogP contribution in [0.2, 0.25) is 0 Å². The van der Waals surface area contributed by atoms with Crippen LogP contribution >= 0.6 is 0 Å². The van der Waals surface area contributed by atoms with E-state index in [9.17, 15) is 8.78 Å². The summed E-state index contributed by atoms with van der Waals surface area (Å²) in [6, 6.07) is 14.9. The monoisotopic (exact) mass is 288 g/mol. The van der Waals surface area contributed by atoms with E-state index in [2.05, 4.69) is 17.0 Å². The van der Waals surface area contributed by atoms with Gasteiger partial charge in [-0.15, -0.1) is 0 Å². The minimum atomic E-state index is -2.42. The first-order valence-electron chi connectivity index (χ1n) is 7.08. The van der Waals surface area contributed by atoms with Crippen LogP contribution in [0.4, 0.5) is 8.78 Å². The molecule has 0 spiro atoms. The van der Waals surface area contributed by atoms with Crippen molar-refractivity contribution in [2.45, 2.75) is 25.6 Å². The topological polar surface area (TPSA) is 29.3 Å². The molecule has 0 bridgehead atoms. The van der Waals surface area contributed by atoms with Crippen molar-refractivity contribution in [2.24, 2.45) is 5.73 Å². The summed E-state index contributed by atoms with van der Waals surface area (Å²) in [4.78, 5) is 2.29. The highest BCUT2D eigenvalue weighted by molar-refractivity contribution is 5.32. The third kappa shape index (κ3) is 2.82. The highest BCUT2D eigenvalue weighted by Gasteiger charge is 2.25. The fourth-order valence-corrected chi connectivity index (χ4v) is 2.94. The van der Waals surface area contributed by atoms with Gasteiger partial charge in [0.1, 0.15) is 0 Å². The number of rotatable bonds is 4. The molecule has 0 radical (unpaired) electrons. The van der Waals surface area contributed by atoms with E-state index in [4.69, 9.17) is 5.73 Å². The maximum absolute atomic E-state index is 12.6. The number of benzene rings is 2. The lowest BCUT2D eigenvalue weighted by Gasteiger charge is -2.26. The van der Waals surface area contributed by atoms with Crippen molar-refractivity contribution in [3.05, 3.63) is 70.8 Å². The molecule has 1 unspecified atom stereocenters. The molecule has 0 aliphatic carbocycles. The van der Waals surface area contributed by atoms with Crippen molar-refractivity contribution < 1.29 is 8.78 Å². The van der Waals surface area contributed by atoms with Crippen LogP contribution in [0, 0.1) is 0 Å². The molecular weight excluding hydrogens is 270 g/mol. The van der Waals surface area contributed by atoms with E-state index < -0.39 is 6.43 Å². The largest absolute Gasteiger partial charge is 0.329 e. The standard InChI is InChI=1S/C17H18F2N2/c18-17(19)13-7-5-12(6-8-13)16(9-20)21-10-14-3-1-2-4-15(14)11-21/h1-8,16-17H,9-11,20H2. The average Bonchev–Trinajstić information content (AvgIpc) is 2.92. The zero-order valence-corrected chi connectivity index (χ0v) is 11.7. The van der Waals surface area contributed by atoms with Gasteiger partial charge in [-0.1, -0.05) is 48.5 Å². The minimum absolute atomic E-state index is 0.0548. The van der Waals surface area contributed by atoms with Crippen molar-refractivity contribution >= 4 is 0 Å². The first-order chi connectivity index (χ1) is 10.2. The Morgan fingerprint density at radius 1 is 0.905 bits per heavy atom. The number of fused-ring (bicyclic) bond motifs is 1. The maximum Gasteiger partial charge on any atom is 0.263 e. The summed E-state index contributed by atoms with van der Waals surface area (Å²) in [6.07, 6.45) is -2.42. The number of hydrogen-bond acceptors (Lipinski definition) is 2. The van der Waals surface area contributed by atoms with Gasteiger partial charge >= 0.3 is 0 Å². The third-order valence-corrected chi connectivity index (χ3v) is 4.10. The Morgan fingerprint density at radius 2 is 1.43 bits per heavy atom. The van der Waals surface area contributed by atoms with E-state index in [-0.39, 0.29) is 11.6 Å². The van der Waals surface area contributed by atoms with Gasteiger partial charge in [0.25, 0.3) is 6.43 Å². The molecule has 2 N–H and O–H groups in total. The lowest BCUT2D eigenvalue weighted by molar-refractivity contribution is 0.151. The Labute approximate surface area is 123 Å². The molecule has 21 heavy (non-hydrogen) atoms. The molecule has 2 nitrogen and oxygen atoms in total. The summed E-state index contributed by atoms with van der Waals surface area (Å²) in [5, 5.41) is 0.